The van der Waals surface area contributed by atoms with Crippen LogP contribution in [0.4, 0.5) is 0 Å². The number of carbonyl (C=O) groups is 1. The number of hydrogen-bond acceptors (Lipinski definition) is 5. The van der Waals surface area contributed by atoms with Crippen molar-refractivity contribution in [2.45, 2.75) is 96.7 Å². The van der Waals surface area contributed by atoms with E-state index in [0.717, 1.165) is 42.4 Å². The van der Waals surface area contributed by atoms with E-state index in [9.17, 15) is 9.90 Å². The first-order valence-electron chi connectivity index (χ1n) is 14.6. The zero-order valence-electron chi connectivity index (χ0n) is 23.2. The number of ether oxygens (including phenoxy) is 3. The molecule has 0 saturated carbocycles. The lowest BCUT2D eigenvalue weighted by atomic mass is 9.96. The number of rotatable bonds is 15. The van der Waals surface area contributed by atoms with Gasteiger partial charge in [0.1, 0.15) is 35.7 Å². The zero-order valence-corrected chi connectivity index (χ0v) is 23.2. The SMILES string of the molecule is CCCCCCCCCCCC(=O)Oc1ccc2c(c1)OC(c1ccc(OCc3ccccc3)cc1O)CC2. The molecular formula is C34H42O5. The minimum Gasteiger partial charge on any atom is -0.507 e. The fourth-order valence-corrected chi connectivity index (χ4v) is 5.02. The van der Waals surface area contributed by atoms with Gasteiger partial charge in [-0.3, -0.25) is 4.79 Å². The van der Waals surface area contributed by atoms with E-state index in [-0.39, 0.29) is 17.8 Å². The third kappa shape index (κ3) is 9.05. The molecular weight excluding hydrogens is 488 g/mol. The summed E-state index contributed by atoms with van der Waals surface area (Å²) in [7, 11) is 0. The molecule has 5 heteroatoms. The molecule has 0 aliphatic carbocycles. The van der Waals surface area contributed by atoms with Gasteiger partial charge in [-0.25, -0.2) is 0 Å². The quantitative estimate of drug-likeness (QED) is 0.121. The van der Waals surface area contributed by atoms with E-state index in [2.05, 4.69) is 6.92 Å². The molecule has 39 heavy (non-hydrogen) atoms. The second kappa shape index (κ2) is 15.2. The Labute approximate surface area is 233 Å². The van der Waals surface area contributed by atoms with E-state index in [4.69, 9.17) is 14.2 Å². The number of esters is 1. The van der Waals surface area contributed by atoms with Crippen LogP contribution in [0.2, 0.25) is 0 Å². The Morgan fingerprint density at radius 2 is 1.59 bits per heavy atom. The predicted molar refractivity (Wildman–Crippen MR) is 154 cm³/mol. The van der Waals surface area contributed by atoms with Gasteiger partial charge in [0.15, 0.2) is 0 Å². The number of fused-ring (bicyclic) bond motifs is 1. The molecule has 0 saturated heterocycles. The van der Waals surface area contributed by atoms with Crippen molar-refractivity contribution in [3.8, 4) is 23.0 Å². The Bertz CT molecular complexity index is 1170. The van der Waals surface area contributed by atoms with Gasteiger partial charge in [-0.15, -0.1) is 0 Å². The Morgan fingerprint density at radius 1 is 0.872 bits per heavy atom. The van der Waals surface area contributed by atoms with Crippen molar-refractivity contribution in [2.24, 2.45) is 0 Å². The Hall–Kier alpha value is -3.47. The summed E-state index contributed by atoms with van der Waals surface area (Å²) in [5.41, 5.74) is 2.87. The van der Waals surface area contributed by atoms with E-state index < -0.39 is 0 Å². The van der Waals surface area contributed by atoms with E-state index in [1.807, 2.05) is 54.6 Å². The lowest BCUT2D eigenvalue weighted by Gasteiger charge is -2.27. The van der Waals surface area contributed by atoms with Crippen molar-refractivity contribution in [1.82, 2.24) is 0 Å². The number of phenolic OH excluding ortho intramolecular Hbond substituents is 1. The predicted octanol–water partition coefficient (Wildman–Crippen LogP) is 8.86. The molecule has 3 aromatic rings. The molecule has 1 atom stereocenters. The van der Waals surface area contributed by atoms with Gasteiger partial charge < -0.3 is 19.3 Å². The molecule has 1 aliphatic heterocycles. The number of aryl methyl sites for hydroxylation is 1. The average molecular weight is 531 g/mol. The first kappa shape index (κ1) is 28.5. The first-order chi connectivity index (χ1) is 19.1. The summed E-state index contributed by atoms with van der Waals surface area (Å²) < 4.78 is 17.7. The highest BCUT2D eigenvalue weighted by Gasteiger charge is 2.24. The number of aromatic hydroxyl groups is 1. The Morgan fingerprint density at radius 3 is 2.33 bits per heavy atom. The third-order valence-electron chi connectivity index (χ3n) is 7.30. The van der Waals surface area contributed by atoms with Crippen LogP contribution in [0.1, 0.15) is 100 Å². The normalized spacial score (nSPS) is 14.3. The molecule has 1 unspecified atom stereocenters. The van der Waals surface area contributed by atoms with Gasteiger partial charge in [0.2, 0.25) is 0 Å². The molecule has 0 spiro atoms. The number of unbranched alkanes of at least 4 members (excludes halogenated alkanes) is 8. The fourth-order valence-electron chi connectivity index (χ4n) is 5.02. The topological polar surface area (TPSA) is 65.0 Å². The minimum atomic E-state index is -0.284. The van der Waals surface area contributed by atoms with Crippen LogP contribution in [0.3, 0.4) is 0 Å². The molecule has 3 aromatic carbocycles. The molecule has 208 valence electrons. The average Bonchev–Trinajstić information content (AvgIpc) is 2.95. The molecule has 1 heterocycles. The summed E-state index contributed by atoms with van der Waals surface area (Å²) in [6, 6.07) is 20.9. The third-order valence-corrected chi connectivity index (χ3v) is 7.30. The highest BCUT2D eigenvalue weighted by Crippen LogP contribution is 2.40. The second-order valence-corrected chi connectivity index (χ2v) is 10.5. The highest BCUT2D eigenvalue weighted by molar-refractivity contribution is 5.72. The fraction of sp³-hybridized carbons (Fsp3) is 0.441. The highest BCUT2D eigenvalue weighted by atomic mass is 16.5. The van der Waals surface area contributed by atoms with Crippen molar-refractivity contribution in [2.75, 3.05) is 0 Å². The molecule has 4 rings (SSSR count). The van der Waals surface area contributed by atoms with Crippen LogP contribution in [0.5, 0.6) is 23.0 Å². The van der Waals surface area contributed by atoms with Crippen LogP contribution in [0, 0.1) is 0 Å². The Balaban J connectivity index is 1.24. The molecule has 0 radical (unpaired) electrons. The van der Waals surface area contributed by atoms with Crippen molar-refractivity contribution in [1.29, 1.82) is 0 Å². The standard InChI is InChI=1S/C34H42O5/c1-2-3-4-5-6-7-8-9-13-16-34(36)38-29-19-17-27-18-22-32(39-33(27)24-29)30-21-20-28(23-31(30)35)37-25-26-14-11-10-12-15-26/h10-12,14-15,17,19-21,23-24,32,35H,2-9,13,16,18,22,25H2,1H3. The molecule has 0 bridgehead atoms. The van der Waals surface area contributed by atoms with Crippen LogP contribution in [0.25, 0.3) is 0 Å². The number of benzene rings is 3. The van der Waals surface area contributed by atoms with Crippen molar-refractivity contribution < 1.29 is 24.1 Å². The second-order valence-electron chi connectivity index (χ2n) is 10.5. The summed E-state index contributed by atoms with van der Waals surface area (Å²) in [5.74, 6) is 1.76. The van der Waals surface area contributed by atoms with Crippen LogP contribution in [0.15, 0.2) is 66.7 Å². The number of carbonyl (C=O) groups excluding carboxylic acids is 1. The summed E-state index contributed by atoms with van der Waals surface area (Å²) in [4.78, 5) is 12.4. The van der Waals surface area contributed by atoms with Gasteiger partial charge in [0, 0.05) is 24.1 Å². The van der Waals surface area contributed by atoms with Crippen LogP contribution < -0.4 is 14.2 Å². The lowest BCUT2D eigenvalue weighted by molar-refractivity contribution is -0.134. The summed E-state index contributed by atoms with van der Waals surface area (Å²) in [5, 5.41) is 10.7. The van der Waals surface area contributed by atoms with E-state index in [0.29, 0.717) is 30.3 Å². The maximum absolute atomic E-state index is 12.4. The van der Waals surface area contributed by atoms with E-state index in [1.54, 1.807) is 12.1 Å². The van der Waals surface area contributed by atoms with E-state index >= 15 is 0 Å². The van der Waals surface area contributed by atoms with Gasteiger partial charge in [0.05, 0.1) is 0 Å². The number of phenols is 1. The van der Waals surface area contributed by atoms with Crippen molar-refractivity contribution in [3.63, 3.8) is 0 Å². The monoisotopic (exact) mass is 530 g/mol. The van der Waals surface area contributed by atoms with Gasteiger partial charge in [0.25, 0.3) is 0 Å². The van der Waals surface area contributed by atoms with Gasteiger partial charge in [-0.1, -0.05) is 94.7 Å². The van der Waals surface area contributed by atoms with Crippen LogP contribution >= 0.6 is 0 Å². The van der Waals surface area contributed by atoms with Crippen LogP contribution in [-0.2, 0) is 17.8 Å². The molecule has 5 nitrogen and oxygen atoms in total. The molecule has 0 aromatic heterocycles. The van der Waals surface area contributed by atoms with E-state index in [1.165, 1.54) is 44.9 Å². The van der Waals surface area contributed by atoms with Crippen LogP contribution in [-0.4, -0.2) is 11.1 Å². The maximum Gasteiger partial charge on any atom is 0.311 e. The Kier molecular flexibility index (Phi) is 11.1. The summed E-state index contributed by atoms with van der Waals surface area (Å²) >= 11 is 0. The molecule has 0 amide bonds. The zero-order chi connectivity index (χ0) is 27.3. The first-order valence-corrected chi connectivity index (χ1v) is 14.6. The van der Waals surface area contributed by atoms with Crippen molar-refractivity contribution in [3.05, 3.63) is 83.4 Å². The minimum absolute atomic E-state index is 0.151. The summed E-state index contributed by atoms with van der Waals surface area (Å²) in [6.45, 7) is 2.68. The summed E-state index contributed by atoms with van der Waals surface area (Å²) in [6.07, 6.45) is 12.7. The molecule has 1 aliphatic rings. The van der Waals surface area contributed by atoms with Crippen molar-refractivity contribution >= 4 is 5.97 Å². The molecule has 1 N–H and O–H groups in total. The maximum atomic E-state index is 12.4. The molecule has 0 fully saturated rings. The van der Waals surface area contributed by atoms with Gasteiger partial charge >= 0.3 is 5.97 Å². The smallest absolute Gasteiger partial charge is 0.311 e. The van der Waals surface area contributed by atoms with Gasteiger partial charge in [-0.2, -0.15) is 0 Å². The largest absolute Gasteiger partial charge is 0.507 e. The lowest BCUT2D eigenvalue weighted by Crippen LogP contribution is -2.16. The van der Waals surface area contributed by atoms with Gasteiger partial charge in [-0.05, 0) is 48.6 Å². The number of hydrogen-bond donors (Lipinski definition) is 1.